The van der Waals surface area contributed by atoms with Gasteiger partial charge in [0.25, 0.3) is 5.72 Å². The molecule has 128 valence electrons. The number of carboxylic acids is 1. The van der Waals surface area contributed by atoms with Crippen molar-refractivity contribution in [2.45, 2.75) is 44.4 Å². The quantitative estimate of drug-likeness (QED) is 0.521. The van der Waals surface area contributed by atoms with Crippen LogP contribution in [-0.4, -0.2) is 40.5 Å². The fourth-order valence-corrected chi connectivity index (χ4v) is 2.00. The highest BCUT2D eigenvalue weighted by Gasteiger charge is 2.49. The van der Waals surface area contributed by atoms with Crippen LogP contribution in [0.25, 0.3) is 0 Å². The molecule has 0 saturated carbocycles. The van der Waals surface area contributed by atoms with Crippen LogP contribution in [0.15, 0.2) is 24.3 Å². The molecule has 0 aliphatic rings. The molecule has 0 heterocycles. The fraction of sp³-hybridized carbons (Fsp3) is 0.500. The number of hydrogen-bond donors (Lipinski definition) is 4. The van der Waals surface area contributed by atoms with E-state index in [4.69, 9.17) is 15.6 Å². The van der Waals surface area contributed by atoms with Crippen molar-refractivity contribution in [1.82, 2.24) is 5.32 Å². The number of methoxy groups -OCH3 is 1. The molecule has 23 heavy (non-hydrogen) atoms. The van der Waals surface area contributed by atoms with Gasteiger partial charge in [-0.25, -0.2) is 4.79 Å². The number of aliphatic carboxylic acids is 1. The molecule has 0 fully saturated rings. The van der Waals surface area contributed by atoms with E-state index in [-0.39, 0.29) is 6.42 Å². The molecule has 7 nitrogen and oxygen atoms in total. The topological polar surface area (TPSA) is 122 Å². The normalized spacial score (nSPS) is 14.0. The summed E-state index contributed by atoms with van der Waals surface area (Å²) >= 11 is 0. The first-order valence-electron chi connectivity index (χ1n) is 7.28. The van der Waals surface area contributed by atoms with Crippen molar-refractivity contribution >= 4 is 11.9 Å². The molecule has 0 aromatic heterocycles. The molecule has 0 unspecified atom stereocenters. The van der Waals surface area contributed by atoms with E-state index in [0.717, 1.165) is 11.3 Å². The summed E-state index contributed by atoms with van der Waals surface area (Å²) in [5.41, 5.74) is 2.65. The Balaban J connectivity index is 2.54. The van der Waals surface area contributed by atoms with E-state index < -0.39 is 23.1 Å². The van der Waals surface area contributed by atoms with Crippen molar-refractivity contribution in [2.24, 2.45) is 5.73 Å². The molecule has 7 heteroatoms. The van der Waals surface area contributed by atoms with Gasteiger partial charge in [-0.15, -0.1) is 0 Å². The number of benzene rings is 1. The molecule has 0 aliphatic heterocycles. The van der Waals surface area contributed by atoms with Crippen molar-refractivity contribution in [1.29, 1.82) is 0 Å². The predicted molar refractivity (Wildman–Crippen MR) is 84.9 cm³/mol. The second-order valence-corrected chi connectivity index (χ2v) is 5.99. The third-order valence-electron chi connectivity index (χ3n) is 3.59. The largest absolute Gasteiger partial charge is 0.497 e. The minimum Gasteiger partial charge on any atom is -0.497 e. The van der Waals surface area contributed by atoms with Gasteiger partial charge in [0.1, 0.15) is 5.75 Å². The maximum absolute atomic E-state index is 11.9. The zero-order chi connectivity index (χ0) is 17.7. The van der Waals surface area contributed by atoms with E-state index in [2.05, 4.69) is 5.32 Å². The van der Waals surface area contributed by atoms with Crippen LogP contribution in [0.2, 0.25) is 0 Å². The van der Waals surface area contributed by atoms with E-state index in [9.17, 15) is 14.7 Å². The SMILES string of the molecule is COc1ccc(CCCC(=O)N[C@@](O)(C(=O)O)C(C)(C)N)cc1. The van der Waals surface area contributed by atoms with E-state index in [1.807, 2.05) is 24.3 Å². The summed E-state index contributed by atoms with van der Waals surface area (Å²) < 4.78 is 5.06. The maximum atomic E-state index is 11.9. The Morgan fingerprint density at radius 1 is 1.26 bits per heavy atom. The molecular formula is C16H24N2O5. The van der Waals surface area contributed by atoms with Gasteiger partial charge in [-0.2, -0.15) is 0 Å². The van der Waals surface area contributed by atoms with Crippen LogP contribution >= 0.6 is 0 Å². The summed E-state index contributed by atoms with van der Waals surface area (Å²) in [6.45, 7) is 2.66. The number of nitrogens with two attached hydrogens (primary N) is 1. The number of carbonyl (C=O) groups is 2. The van der Waals surface area contributed by atoms with E-state index in [1.165, 1.54) is 13.8 Å². The van der Waals surface area contributed by atoms with Crippen LogP contribution in [0.1, 0.15) is 32.3 Å². The molecule has 0 saturated heterocycles. The molecule has 1 aromatic rings. The molecule has 1 atom stereocenters. The number of rotatable bonds is 8. The Bertz CT molecular complexity index is 551. The van der Waals surface area contributed by atoms with Gasteiger partial charge in [-0.3, -0.25) is 4.79 Å². The third-order valence-corrected chi connectivity index (χ3v) is 3.59. The number of amides is 1. The number of aryl methyl sites for hydroxylation is 1. The van der Waals surface area contributed by atoms with Gasteiger partial charge in [0.15, 0.2) is 0 Å². The average molecular weight is 324 g/mol. The Kier molecular flexibility index (Phi) is 6.12. The lowest BCUT2D eigenvalue weighted by atomic mass is 9.91. The first kappa shape index (κ1) is 18.9. The maximum Gasteiger partial charge on any atom is 0.359 e. The number of carboxylic acid groups (broad SMARTS) is 1. The molecular weight excluding hydrogens is 300 g/mol. The van der Waals surface area contributed by atoms with Crippen molar-refractivity contribution in [3.63, 3.8) is 0 Å². The average Bonchev–Trinajstić information content (AvgIpc) is 2.46. The Hall–Kier alpha value is -2.12. The van der Waals surface area contributed by atoms with Crippen molar-refractivity contribution in [3.05, 3.63) is 29.8 Å². The number of ether oxygens (including phenoxy) is 1. The van der Waals surface area contributed by atoms with Gasteiger partial charge in [0.05, 0.1) is 12.6 Å². The van der Waals surface area contributed by atoms with Gasteiger partial charge in [0.2, 0.25) is 5.91 Å². The Labute approximate surface area is 135 Å². The molecule has 1 aromatic carbocycles. The van der Waals surface area contributed by atoms with Crippen LogP contribution in [0.3, 0.4) is 0 Å². The van der Waals surface area contributed by atoms with Gasteiger partial charge in [-0.1, -0.05) is 12.1 Å². The second-order valence-electron chi connectivity index (χ2n) is 5.99. The summed E-state index contributed by atoms with van der Waals surface area (Å²) in [5, 5.41) is 21.3. The standard InChI is InChI=1S/C16H24N2O5/c1-15(2,17)16(22,14(20)21)18-13(19)6-4-5-11-7-9-12(23-3)10-8-11/h7-10,22H,4-6,17H2,1-3H3,(H,18,19)(H,20,21)/t16-/m1/s1. The summed E-state index contributed by atoms with van der Waals surface area (Å²) in [6, 6.07) is 7.45. The highest BCUT2D eigenvalue weighted by molar-refractivity contribution is 5.86. The molecule has 0 aliphatic carbocycles. The van der Waals surface area contributed by atoms with E-state index in [0.29, 0.717) is 12.8 Å². The number of aliphatic hydroxyl groups is 1. The molecule has 1 amide bonds. The minimum absolute atomic E-state index is 0.0811. The monoisotopic (exact) mass is 324 g/mol. The molecule has 0 radical (unpaired) electrons. The summed E-state index contributed by atoms with van der Waals surface area (Å²) in [5.74, 6) is -1.40. The minimum atomic E-state index is -2.51. The molecule has 1 rings (SSSR count). The lowest BCUT2D eigenvalue weighted by Gasteiger charge is -2.36. The first-order chi connectivity index (χ1) is 10.6. The summed E-state index contributed by atoms with van der Waals surface area (Å²) in [4.78, 5) is 23.1. The fourth-order valence-electron chi connectivity index (χ4n) is 2.00. The number of hydrogen-bond acceptors (Lipinski definition) is 5. The molecule has 5 N–H and O–H groups in total. The molecule has 0 bridgehead atoms. The molecule has 0 spiro atoms. The highest BCUT2D eigenvalue weighted by atomic mass is 16.5. The number of carbonyl (C=O) groups excluding carboxylic acids is 1. The van der Waals surface area contributed by atoms with Crippen molar-refractivity contribution in [2.75, 3.05) is 7.11 Å². The summed E-state index contributed by atoms with van der Waals surface area (Å²) in [6.07, 6.45) is 1.24. The van der Waals surface area contributed by atoms with Gasteiger partial charge >= 0.3 is 5.97 Å². The van der Waals surface area contributed by atoms with Gasteiger partial charge in [-0.05, 0) is 44.4 Å². The van der Waals surface area contributed by atoms with Crippen LogP contribution < -0.4 is 15.8 Å². The van der Waals surface area contributed by atoms with Crippen LogP contribution in [0.4, 0.5) is 0 Å². The smallest absolute Gasteiger partial charge is 0.359 e. The third kappa shape index (κ3) is 4.94. The zero-order valence-corrected chi connectivity index (χ0v) is 13.6. The first-order valence-corrected chi connectivity index (χ1v) is 7.28. The highest BCUT2D eigenvalue weighted by Crippen LogP contribution is 2.18. The lowest BCUT2D eigenvalue weighted by molar-refractivity contribution is -0.173. The van der Waals surface area contributed by atoms with E-state index >= 15 is 0 Å². The number of nitrogens with one attached hydrogen (secondary N) is 1. The Morgan fingerprint density at radius 3 is 2.26 bits per heavy atom. The zero-order valence-electron chi connectivity index (χ0n) is 13.6. The summed E-state index contributed by atoms with van der Waals surface area (Å²) in [7, 11) is 1.59. The van der Waals surface area contributed by atoms with Crippen LogP contribution in [0.5, 0.6) is 5.75 Å². The van der Waals surface area contributed by atoms with Gasteiger partial charge in [0, 0.05) is 6.42 Å². The lowest BCUT2D eigenvalue weighted by Crippen LogP contribution is -2.70. The van der Waals surface area contributed by atoms with Crippen LogP contribution in [-0.2, 0) is 16.0 Å². The van der Waals surface area contributed by atoms with Gasteiger partial charge < -0.3 is 26.0 Å². The Morgan fingerprint density at radius 2 is 1.83 bits per heavy atom. The van der Waals surface area contributed by atoms with Crippen molar-refractivity contribution < 1.29 is 24.5 Å². The predicted octanol–water partition coefficient (Wildman–Crippen LogP) is 0.645. The van der Waals surface area contributed by atoms with Crippen molar-refractivity contribution in [3.8, 4) is 5.75 Å². The van der Waals surface area contributed by atoms with E-state index in [1.54, 1.807) is 7.11 Å². The second kappa shape index (κ2) is 7.43. The van der Waals surface area contributed by atoms with Crippen LogP contribution in [0, 0.1) is 0 Å².